The zero-order valence-electron chi connectivity index (χ0n) is 18.1. The first-order valence-electron chi connectivity index (χ1n) is 11.2. The van der Waals surface area contributed by atoms with Crippen LogP contribution >= 0.6 is 0 Å². The number of anilines is 1. The molecule has 0 spiro atoms. The molecule has 0 aromatic carbocycles. The number of nitrogens with zero attached hydrogens (tertiary/aromatic N) is 3. The second-order valence-corrected chi connectivity index (χ2v) is 9.22. The van der Waals surface area contributed by atoms with Crippen molar-refractivity contribution in [2.75, 3.05) is 18.6 Å². The number of hydrogen-bond donors (Lipinski definition) is 0. The maximum absolute atomic E-state index is 13.3. The first kappa shape index (κ1) is 20.1. The van der Waals surface area contributed by atoms with Crippen LogP contribution in [0.4, 0.5) is 5.82 Å². The van der Waals surface area contributed by atoms with Crippen molar-refractivity contribution in [2.24, 2.45) is 35.5 Å². The van der Waals surface area contributed by atoms with Crippen molar-refractivity contribution in [1.29, 1.82) is 0 Å². The van der Waals surface area contributed by atoms with Gasteiger partial charge in [-0.15, -0.1) is 0 Å². The molecule has 2 amide bonds. The largest absolute Gasteiger partial charge is 0.484 e. The van der Waals surface area contributed by atoms with Gasteiger partial charge >= 0.3 is 0 Å². The Hall–Kier alpha value is -3.55. The van der Waals surface area contributed by atoms with Crippen LogP contribution in [0.2, 0.25) is 0 Å². The van der Waals surface area contributed by atoms with Crippen LogP contribution in [0.25, 0.3) is 0 Å². The van der Waals surface area contributed by atoms with E-state index in [0.29, 0.717) is 40.8 Å². The number of amides is 2. The Morgan fingerprint density at radius 2 is 1.91 bits per heavy atom. The number of imide groups is 1. The highest BCUT2D eigenvalue weighted by molar-refractivity contribution is 6.21. The molecule has 1 aliphatic heterocycles. The lowest BCUT2D eigenvalue weighted by Crippen LogP contribution is -2.33. The predicted octanol–water partition coefficient (Wildman–Crippen LogP) is 2.69. The van der Waals surface area contributed by atoms with Gasteiger partial charge in [0.05, 0.1) is 25.1 Å². The third-order valence-corrected chi connectivity index (χ3v) is 7.52. The van der Waals surface area contributed by atoms with Gasteiger partial charge in [0.15, 0.2) is 6.61 Å². The average molecular weight is 445 g/mol. The Kier molecular flexibility index (Phi) is 4.57. The van der Waals surface area contributed by atoms with E-state index in [0.717, 1.165) is 6.42 Å². The van der Waals surface area contributed by atoms with Crippen molar-refractivity contribution in [1.82, 2.24) is 9.97 Å². The summed E-state index contributed by atoms with van der Waals surface area (Å²) in [6, 6.07) is 6.46. The molecule has 2 aromatic heterocycles. The molecule has 1 saturated heterocycles. The molecule has 168 valence electrons. The van der Waals surface area contributed by atoms with E-state index in [1.165, 1.54) is 30.8 Å². The van der Waals surface area contributed by atoms with Gasteiger partial charge in [-0.1, -0.05) is 12.2 Å². The average Bonchev–Trinajstić information content (AvgIpc) is 3.64. The molecule has 8 nitrogen and oxygen atoms in total. The molecule has 2 aromatic rings. The highest BCUT2D eigenvalue weighted by atomic mass is 16.5. The molecule has 3 heterocycles. The molecule has 4 aliphatic carbocycles. The zero-order chi connectivity index (χ0) is 22.7. The van der Waals surface area contributed by atoms with E-state index >= 15 is 0 Å². The highest BCUT2D eigenvalue weighted by Crippen LogP contribution is 2.62. The topological polar surface area (TPSA) is 98.7 Å². The number of pyridine rings is 2. The Balaban J connectivity index is 1.14. The van der Waals surface area contributed by atoms with E-state index in [2.05, 4.69) is 22.1 Å². The third kappa shape index (κ3) is 3.23. The summed E-state index contributed by atoms with van der Waals surface area (Å²) in [4.78, 5) is 48.4. The molecular weight excluding hydrogens is 422 g/mol. The van der Waals surface area contributed by atoms with Crippen LogP contribution < -0.4 is 14.4 Å². The lowest BCUT2D eigenvalue weighted by molar-refractivity contribution is -0.123. The summed E-state index contributed by atoms with van der Waals surface area (Å²) in [6.45, 7) is -0.182. The van der Waals surface area contributed by atoms with Gasteiger partial charge < -0.3 is 9.47 Å². The number of hydrogen-bond acceptors (Lipinski definition) is 7. The number of allylic oxidation sites excluding steroid dienone is 2. The second-order valence-electron chi connectivity index (χ2n) is 9.22. The van der Waals surface area contributed by atoms with Gasteiger partial charge in [0.25, 0.3) is 0 Å². The van der Waals surface area contributed by atoms with Crippen LogP contribution in [-0.4, -0.2) is 41.3 Å². The summed E-state index contributed by atoms with van der Waals surface area (Å²) < 4.78 is 10.5. The lowest BCUT2D eigenvalue weighted by Gasteiger charge is -2.21. The number of methoxy groups -OCH3 is 1. The molecule has 7 rings (SSSR count). The molecule has 0 N–H and O–H groups in total. The first-order chi connectivity index (χ1) is 16.0. The lowest BCUT2D eigenvalue weighted by atomic mass is 9.81. The summed E-state index contributed by atoms with van der Waals surface area (Å²) in [6.07, 6.45) is 9.20. The molecule has 6 unspecified atom stereocenters. The van der Waals surface area contributed by atoms with Crippen molar-refractivity contribution in [3.8, 4) is 11.6 Å². The standard InChI is InChI=1S/C25H23N3O5/c1-32-22-7-3-14(10-27-22)20(29)12-33-15-4-6-21(26-11-15)28-24(30)19-8-13-2-5-16(18-9-17(13)18)23(19)25(28)31/h2-7,10-11,13,16-19,23H,8-9,12H2,1H3. The normalized spacial score (nSPS) is 31.1. The van der Waals surface area contributed by atoms with Crippen LogP contribution in [0.15, 0.2) is 48.8 Å². The Bertz CT molecular complexity index is 1160. The van der Waals surface area contributed by atoms with Crippen LogP contribution in [0.1, 0.15) is 23.2 Å². The maximum atomic E-state index is 13.3. The number of Topliss-reactive ketones (excluding diaryl/α,β-unsaturated/α-hetero) is 1. The monoisotopic (exact) mass is 445 g/mol. The van der Waals surface area contributed by atoms with Gasteiger partial charge in [0.2, 0.25) is 23.5 Å². The quantitative estimate of drug-likeness (QED) is 0.383. The highest BCUT2D eigenvalue weighted by Gasteiger charge is 2.62. The van der Waals surface area contributed by atoms with Gasteiger partial charge in [0.1, 0.15) is 11.6 Å². The summed E-state index contributed by atoms with van der Waals surface area (Å²) in [5.74, 6) is 1.85. The summed E-state index contributed by atoms with van der Waals surface area (Å²) >= 11 is 0. The summed E-state index contributed by atoms with van der Waals surface area (Å²) in [5.41, 5.74) is 0.411. The number of aromatic nitrogens is 2. The fourth-order valence-corrected chi connectivity index (χ4v) is 5.80. The molecule has 33 heavy (non-hydrogen) atoms. The van der Waals surface area contributed by atoms with E-state index in [1.54, 1.807) is 24.3 Å². The number of rotatable bonds is 6. The summed E-state index contributed by atoms with van der Waals surface area (Å²) in [5, 5.41) is 0. The maximum Gasteiger partial charge on any atom is 0.239 e. The SMILES string of the molecule is COc1ccc(C(=O)COc2ccc(N3C(=O)C4CC5C=CC(C6CC56)C4C3=O)nc2)cn1. The van der Waals surface area contributed by atoms with Crippen molar-refractivity contribution >= 4 is 23.4 Å². The van der Waals surface area contributed by atoms with E-state index in [1.807, 2.05) is 0 Å². The number of ketones is 1. The minimum atomic E-state index is -0.273. The molecule has 3 fully saturated rings. The Morgan fingerprint density at radius 3 is 2.64 bits per heavy atom. The fourth-order valence-electron chi connectivity index (χ4n) is 5.80. The van der Waals surface area contributed by atoms with Crippen LogP contribution in [0.5, 0.6) is 11.6 Å². The van der Waals surface area contributed by atoms with Crippen molar-refractivity contribution < 1.29 is 23.9 Å². The smallest absolute Gasteiger partial charge is 0.239 e. The van der Waals surface area contributed by atoms with Crippen molar-refractivity contribution in [3.63, 3.8) is 0 Å². The van der Waals surface area contributed by atoms with Crippen LogP contribution in [0.3, 0.4) is 0 Å². The minimum Gasteiger partial charge on any atom is -0.484 e. The fraction of sp³-hybridized carbons (Fsp3) is 0.400. The Labute approximate surface area is 190 Å². The van der Waals surface area contributed by atoms with Gasteiger partial charge in [-0.2, -0.15) is 0 Å². The summed E-state index contributed by atoms with van der Waals surface area (Å²) in [7, 11) is 1.51. The van der Waals surface area contributed by atoms with Gasteiger partial charge in [-0.05, 0) is 54.7 Å². The predicted molar refractivity (Wildman–Crippen MR) is 117 cm³/mol. The molecular formula is C25H23N3O5. The van der Waals surface area contributed by atoms with Gasteiger partial charge in [-0.25, -0.2) is 14.9 Å². The molecule has 6 atom stereocenters. The van der Waals surface area contributed by atoms with Crippen LogP contribution in [0, 0.1) is 35.5 Å². The molecule has 5 aliphatic rings. The van der Waals surface area contributed by atoms with Crippen molar-refractivity contribution in [3.05, 3.63) is 54.4 Å². The van der Waals surface area contributed by atoms with Crippen LogP contribution in [-0.2, 0) is 9.59 Å². The van der Waals surface area contributed by atoms with E-state index in [-0.39, 0.29) is 42.0 Å². The zero-order valence-corrected chi connectivity index (χ0v) is 18.1. The number of ether oxygens (including phenoxy) is 2. The first-order valence-corrected chi connectivity index (χ1v) is 11.2. The van der Waals surface area contributed by atoms with E-state index in [4.69, 9.17) is 9.47 Å². The van der Waals surface area contributed by atoms with E-state index in [9.17, 15) is 14.4 Å². The van der Waals surface area contributed by atoms with Gasteiger partial charge in [-0.3, -0.25) is 14.4 Å². The Morgan fingerprint density at radius 1 is 1.03 bits per heavy atom. The van der Waals surface area contributed by atoms with Crippen molar-refractivity contribution in [2.45, 2.75) is 12.8 Å². The number of carbonyl (C=O) groups excluding carboxylic acids is 3. The molecule has 2 saturated carbocycles. The third-order valence-electron chi connectivity index (χ3n) is 7.52. The van der Waals surface area contributed by atoms with Gasteiger partial charge in [0, 0.05) is 17.8 Å². The second kappa shape index (κ2) is 7.50. The molecule has 8 heteroatoms. The number of carbonyl (C=O) groups is 3. The minimum absolute atomic E-state index is 0.142. The molecule has 2 bridgehead atoms. The van der Waals surface area contributed by atoms with E-state index < -0.39 is 0 Å². The molecule has 0 radical (unpaired) electrons.